The molecule has 1 amide bonds. The standard InChI is InChI=1S/C21H23N3O5/c1-15-10-12-23-24(15)13-3-11-22-20(25)19-9-8-18(29-19)14-28-17-6-4-16(5-7-17)21(26)27-2/h4-10,12H,3,11,13-14H2,1-2H3,(H,22,25). The van der Waals surface area contributed by atoms with Gasteiger partial charge in [0, 0.05) is 25.0 Å². The Balaban J connectivity index is 1.43. The van der Waals surface area contributed by atoms with E-state index < -0.39 is 5.97 Å². The smallest absolute Gasteiger partial charge is 0.337 e. The number of hydrogen-bond donors (Lipinski definition) is 1. The molecule has 0 spiro atoms. The Morgan fingerprint density at radius 3 is 2.62 bits per heavy atom. The van der Waals surface area contributed by atoms with Crippen molar-refractivity contribution in [1.82, 2.24) is 15.1 Å². The van der Waals surface area contributed by atoms with E-state index in [4.69, 9.17) is 9.15 Å². The zero-order valence-electron chi connectivity index (χ0n) is 16.4. The number of carbonyl (C=O) groups excluding carboxylic acids is 2. The second-order valence-electron chi connectivity index (χ2n) is 6.38. The third-order valence-corrected chi connectivity index (χ3v) is 4.30. The molecule has 0 fully saturated rings. The summed E-state index contributed by atoms with van der Waals surface area (Å²) in [4.78, 5) is 23.6. The number of hydrogen-bond acceptors (Lipinski definition) is 6. The van der Waals surface area contributed by atoms with Gasteiger partial charge in [-0.2, -0.15) is 5.10 Å². The molecule has 0 radical (unpaired) electrons. The highest BCUT2D eigenvalue weighted by molar-refractivity contribution is 5.91. The van der Waals surface area contributed by atoms with Crippen molar-refractivity contribution in [2.75, 3.05) is 13.7 Å². The zero-order valence-corrected chi connectivity index (χ0v) is 16.4. The summed E-state index contributed by atoms with van der Waals surface area (Å²) in [7, 11) is 1.33. The molecule has 2 heterocycles. The van der Waals surface area contributed by atoms with Crippen molar-refractivity contribution in [3.63, 3.8) is 0 Å². The van der Waals surface area contributed by atoms with Gasteiger partial charge in [0.2, 0.25) is 0 Å². The molecule has 1 aromatic carbocycles. The molecule has 29 heavy (non-hydrogen) atoms. The Morgan fingerprint density at radius 2 is 1.93 bits per heavy atom. The van der Waals surface area contributed by atoms with E-state index >= 15 is 0 Å². The average Bonchev–Trinajstić information content (AvgIpc) is 3.38. The van der Waals surface area contributed by atoms with Crippen LogP contribution in [0.1, 0.15) is 38.8 Å². The Kier molecular flexibility index (Phi) is 6.67. The fraction of sp³-hybridized carbons (Fsp3) is 0.286. The highest BCUT2D eigenvalue weighted by Gasteiger charge is 2.11. The van der Waals surface area contributed by atoms with Gasteiger partial charge in [0.1, 0.15) is 18.1 Å². The molecular weight excluding hydrogens is 374 g/mol. The number of nitrogens with one attached hydrogen (secondary N) is 1. The zero-order chi connectivity index (χ0) is 20.6. The quantitative estimate of drug-likeness (QED) is 0.441. The molecule has 3 aromatic rings. The molecule has 1 N–H and O–H groups in total. The molecular formula is C21H23N3O5. The van der Waals surface area contributed by atoms with Gasteiger partial charge >= 0.3 is 5.97 Å². The Morgan fingerprint density at radius 1 is 1.14 bits per heavy atom. The maximum atomic E-state index is 12.2. The number of esters is 1. The molecule has 0 unspecified atom stereocenters. The molecule has 0 aliphatic rings. The molecule has 8 heteroatoms. The summed E-state index contributed by atoms with van der Waals surface area (Å²) in [6, 6.07) is 11.8. The summed E-state index contributed by atoms with van der Waals surface area (Å²) in [6.45, 7) is 3.43. The summed E-state index contributed by atoms with van der Waals surface area (Å²) >= 11 is 0. The number of furan rings is 1. The van der Waals surface area contributed by atoms with E-state index in [1.807, 2.05) is 17.7 Å². The van der Waals surface area contributed by atoms with Crippen LogP contribution >= 0.6 is 0 Å². The summed E-state index contributed by atoms with van der Waals surface area (Å²) in [5.74, 6) is 0.669. The summed E-state index contributed by atoms with van der Waals surface area (Å²) < 4.78 is 17.7. The van der Waals surface area contributed by atoms with Crippen LogP contribution in [0.4, 0.5) is 0 Å². The molecule has 8 nitrogen and oxygen atoms in total. The molecule has 0 saturated carbocycles. The van der Waals surface area contributed by atoms with E-state index in [1.165, 1.54) is 7.11 Å². The van der Waals surface area contributed by atoms with Gasteiger partial charge in [-0.1, -0.05) is 0 Å². The molecule has 0 saturated heterocycles. The molecule has 3 rings (SSSR count). The summed E-state index contributed by atoms with van der Waals surface area (Å²) in [6.07, 6.45) is 2.53. The second-order valence-corrected chi connectivity index (χ2v) is 6.38. The molecule has 0 aliphatic carbocycles. The van der Waals surface area contributed by atoms with Gasteiger partial charge < -0.3 is 19.2 Å². The Bertz CT molecular complexity index is 959. The first-order valence-corrected chi connectivity index (χ1v) is 9.23. The topological polar surface area (TPSA) is 95.6 Å². The van der Waals surface area contributed by atoms with Crippen molar-refractivity contribution in [2.45, 2.75) is 26.5 Å². The number of methoxy groups -OCH3 is 1. The van der Waals surface area contributed by atoms with E-state index in [9.17, 15) is 9.59 Å². The molecule has 2 aromatic heterocycles. The maximum absolute atomic E-state index is 12.2. The summed E-state index contributed by atoms with van der Waals surface area (Å²) in [5.41, 5.74) is 1.53. The van der Waals surface area contributed by atoms with Crippen LogP contribution in [-0.2, 0) is 17.9 Å². The van der Waals surface area contributed by atoms with Crippen LogP contribution in [0.25, 0.3) is 0 Å². The predicted molar refractivity (Wildman–Crippen MR) is 105 cm³/mol. The van der Waals surface area contributed by atoms with Crippen molar-refractivity contribution in [2.24, 2.45) is 0 Å². The lowest BCUT2D eigenvalue weighted by atomic mass is 10.2. The lowest BCUT2D eigenvalue weighted by Crippen LogP contribution is -2.25. The third kappa shape index (κ3) is 5.47. The SMILES string of the molecule is COC(=O)c1ccc(OCc2ccc(C(=O)NCCCn3nccc3C)o2)cc1. The van der Waals surface area contributed by atoms with Gasteiger partial charge in [0.25, 0.3) is 5.91 Å². The highest BCUT2D eigenvalue weighted by Crippen LogP contribution is 2.16. The Labute approximate surface area is 168 Å². The first kappa shape index (κ1) is 20.2. The molecule has 0 bridgehead atoms. The van der Waals surface area contributed by atoms with Crippen LogP contribution in [0.2, 0.25) is 0 Å². The minimum atomic E-state index is -0.405. The lowest BCUT2D eigenvalue weighted by Gasteiger charge is -2.06. The number of carbonyl (C=O) groups is 2. The number of rotatable bonds is 9. The average molecular weight is 397 g/mol. The normalized spacial score (nSPS) is 10.6. The minimum absolute atomic E-state index is 0.170. The van der Waals surface area contributed by atoms with E-state index in [1.54, 1.807) is 42.6 Å². The maximum Gasteiger partial charge on any atom is 0.337 e. The molecule has 0 aliphatic heterocycles. The third-order valence-electron chi connectivity index (χ3n) is 4.30. The predicted octanol–water partition coefficient (Wildman–Crippen LogP) is 2.97. The van der Waals surface area contributed by atoms with Gasteiger partial charge in [0.15, 0.2) is 5.76 Å². The van der Waals surface area contributed by atoms with Crippen molar-refractivity contribution < 1.29 is 23.5 Å². The van der Waals surface area contributed by atoms with Gasteiger partial charge in [-0.3, -0.25) is 9.48 Å². The second kappa shape index (κ2) is 9.59. The van der Waals surface area contributed by atoms with Gasteiger partial charge in [0.05, 0.1) is 12.7 Å². The highest BCUT2D eigenvalue weighted by atomic mass is 16.5. The number of benzene rings is 1. The van der Waals surface area contributed by atoms with Gasteiger partial charge in [-0.25, -0.2) is 4.79 Å². The summed E-state index contributed by atoms with van der Waals surface area (Å²) in [5, 5.41) is 7.04. The van der Waals surface area contributed by atoms with E-state index in [-0.39, 0.29) is 18.3 Å². The largest absolute Gasteiger partial charge is 0.486 e. The Hall–Kier alpha value is -3.55. The fourth-order valence-electron chi connectivity index (χ4n) is 2.69. The molecule has 0 atom stereocenters. The number of aryl methyl sites for hydroxylation is 2. The first-order chi connectivity index (χ1) is 14.1. The lowest BCUT2D eigenvalue weighted by molar-refractivity contribution is 0.0600. The van der Waals surface area contributed by atoms with Crippen LogP contribution in [0, 0.1) is 6.92 Å². The van der Waals surface area contributed by atoms with Crippen LogP contribution in [-0.4, -0.2) is 35.3 Å². The fourth-order valence-corrected chi connectivity index (χ4v) is 2.69. The van der Waals surface area contributed by atoms with E-state index in [0.717, 1.165) is 18.7 Å². The van der Waals surface area contributed by atoms with Crippen LogP contribution in [0.15, 0.2) is 53.1 Å². The van der Waals surface area contributed by atoms with Gasteiger partial charge in [-0.15, -0.1) is 0 Å². The van der Waals surface area contributed by atoms with E-state index in [2.05, 4.69) is 15.2 Å². The molecule has 152 valence electrons. The van der Waals surface area contributed by atoms with Gasteiger partial charge in [-0.05, 0) is 55.8 Å². The van der Waals surface area contributed by atoms with Crippen LogP contribution < -0.4 is 10.1 Å². The number of aromatic nitrogens is 2. The van der Waals surface area contributed by atoms with Crippen molar-refractivity contribution >= 4 is 11.9 Å². The minimum Gasteiger partial charge on any atom is -0.486 e. The first-order valence-electron chi connectivity index (χ1n) is 9.23. The van der Waals surface area contributed by atoms with Crippen molar-refractivity contribution in [3.05, 3.63) is 71.4 Å². The van der Waals surface area contributed by atoms with Crippen molar-refractivity contribution in [3.8, 4) is 5.75 Å². The van der Waals surface area contributed by atoms with Crippen LogP contribution in [0.5, 0.6) is 5.75 Å². The number of ether oxygens (including phenoxy) is 2. The number of nitrogens with zero attached hydrogens (tertiary/aromatic N) is 2. The number of amides is 1. The monoisotopic (exact) mass is 397 g/mol. The van der Waals surface area contributed by atoms with E-state index in [0.29, 0.717) is 23.6 Å². The van der Waals surface area contributed by atoms with Crippen molar-refractivity contribution in [1.29, 1.82) is 0 Å². The van der Waals surface area contributed by atoms with Crippen LogP contribution in [0.3, 0.4) is 0 Å².